The van der Waals surface area contributed by atoms with Crippen LogP contribution in [-0.4, -0.2) is 40.3 Å². The average molecular weight is 410 g/mol. The van der Waals surface area contributed by atoms with E-state index in [4.69, 9.17) is 4.98 Å². The Morgan fingerprint density at radius 2 is 2.22 bits per heavy atom. The van der Waals surface area contributed by atoms with E-state index in [1.54, 1.807) is 0 Å². The number of nitrogens with zero attached hydrogens (tertiary/aromatic N) is 3. The quantitative estimate of drug-likeness (QED) is 0.719. The third-order valence-electron chi connectivity index (χ3n) is 5.23. The summed E-state index contributed by atoms with van der Waals surface area (Å²) in [6.45, 7) is 2.68. The minimum Gasteiger partial charge on any atom is -0.351 e. The van der Waals surface area contributed by atoms with Crippen molar-refractivity contribution in [2.45, 2.75) is 57.4 Å². The molecule has 2 aromatic heterocycles. The molecule has 1 saturated heterocycles. The Hall–Kier alpha value is -1.44. The predicted molar refractivity (Wildman–Crippen MR) is 110 cm³/mol. The van der Waals surface area contributed by atoms with Gasteiger partial charge in [0.25, 0.3) is 5.91 Å². The van der Waals surface area contributed by atoms with Gasteiger partial charge in [0.2, 0.25) is 0 Å². The fourth-order valence-corrected chi connectivity index (χ4v) is 4.96. The van der Waals surface area contributed by atoms with Gasteiger partial charge in [-0.05, 0) is 57.6 Å². The second kappa shape index (κ2) is 9.66. The summed E-state index contributed by atoms with van der Waals surface area (Å²) in [6.07, 6.45) is 11.0. The van der Waals surface area contributed by atoms with Crippen molar-refractivity contribution < 1.29 is 4.79 Å². The zero-order chi connectivity index (χ0) is 17.8. The molecule has 27 heavy (non-hydrogen) atoms. The van der Waals surface area contributed by atoms with Crippen molar-refractivity contribution >= 4 is 29.7 Å². The lowest BCUT2D eigenvalue weighted by Gasteiger charge is -2.22. The summed E-state index contributed by atoms with van der Waals surface area (Å²) in [5, 5.41) is 12.1. The number of thiazole rings is 1. The van der Waals surface area contributed by atoms with Gasteiger partial charge in [-0.25, -0.2) is 4.98 Å². The number of fused-ring (bicyclic) bond motifs is 1. The Labute approximate surface area is 170 Å². The largest absolute Gasteiger partial charge is 0.351 e. The molecule has 0 aromatic carbocycles. The zero-order valence-corrected chi connectivity index (χ0v) is 17.2. The summed E-state index contributed by atoms with van der Waals surface area (Å²) in [5.41, 5.74) is 1.84. The van der Waals surface area contributed by atoms with Crippen LogP contribution in [-0.2, 0) is 19.3 Å². The van der Waals surface area contributed by atoms with Gasteiger partial charge in [0.1, 0.15) is 5.69 Å². The first kappa shape index (κ1) is 20.3. The summed E-state index contributed by atoms with van der Waals surface area (Å²) in [6, 6.07) is 2.18. The summed E-state index contributed by atoms with van der Waals surface area (Å²) in [5.74, 6) is -0.0778. The minimum atomic E-state index is -0.0778. The number of hydrogen-bond acceptors (Lipinski definition) is 5. The summed E-state index contributed by atoms with van der Waals surface area (Å²) in [7, 11) is 0. The Kier molecular flexibility index (Phi) is 7.26. The van der Waals surface area contributed by atoms with Gasteiger partial charge in [0.15, 0.2) is 0 Å². The zero-order valence-electron chi connectivity index (χ0n) is 15.6. The molecule has 2 N–H and O–H groups in total. The third-order valence-corrected chi connectivity index (χ3v) is 6.45. The first-order valence-electron chi connectivity index (χ1n) is 9.81. The number of aryl methyl sites for hydroxylation is 3. The fourth-order valence-electron chi connectivity index (χ4n) is 3.77. The van der Waals surface area contributed by atoms with Crippen LogP contribution in [0.2, 0.25) is 0 Å². The van der Waals surface area contributed by atoms with Gasteiger partial charge in [-0.2, -0.15) is 5.10 Å². The number of carbonyl (C=O) groups excluding carboxylic acids is 1. The molecule has 1 aliphatic heterocycles. The summed E-state index contributed by atoms with van der Waals surface area (Å²) < 4.78 is 1.93. The highest BCUT2D eigenvalue weighted by Gasteiger charge is 2.18. The van der Waals surface area contributed by atoms with Gasteiger partial charge in [0, 0.05) is 30.6 Å². The second-order valence-electron chi connectivity index (χ2n) is 7.23. The van der Waals surface area contributed by atoms with Crippen molar-refractivity contribution in [1.29, 1.82) is 0 Å². The highest BCUT2D eigenvalue weighted by atomic mass is 35.5. The number of carbonyl (C=O) groups is 1. The molecule has 4 rings (SSSR count). The van der Waals surface area contributed by atoms with Gasteiger partial charge in [-0.15, -0.1) is 23.7 Å². The smallest absolute Gasteiger partial charge is 0.271 e. The standard InChI is InChI=1S/C19H27N5OS.ClH/c25-19(16-9-12-24(23-16)14-5-3-10-20-13-14)21-11-4-8-18-22-15-6-1-2-7-17(15)26-18;/h9,12,14,20H,1-8,10-11,13H2,(H,21,25);1H. The molecule has 148 valence electrons. The predicted octanol–water partition coefficient (Wildman–Crippen LogP) is 2.93. The Balaban J connectivity index is 0.00000210. The molecule has 1 unspecified atom stereocenters. The lowest BCUT2D eigenvalue weighted by atomic mass is 10.0. The highest BCUT2D eigenvalue weighted by Crippen LogP contribution is 2.27. The van der Waals surface area contributed by atoms with Gasteiger partial charge in [0.05, 0.1) is 16.7 Å². The van der Waals surface area contributed by atoms with Crippen molar-refractivity contribution in [3.05, 3.63) is 33.5 Å². The molecule has 6 nitrogen and oxygen atoms in total. The molecular weight excluding hydrogens is 382 g/mol. The number of hydrogen-bond donors (Lipinski definition) is 2. The van der Waals surface area contributed by atoms with E-state index < -0.39 is 0 Å². The molecule has 0 radical (unpaired) electrons. The van der Waals surface area contributed by atoms with E-state index in [9.17, 15) is 4.79 Å². The molecule has 1 atom stereocenters. The van der Waals surface area contributed by atoms with Crippen molar-refractivity contribution in [1.82, 2.24) is 25.4 Å². The SMILES string of the molecule is Cl.O=C(NCCCc1nc2c(s1)CCCC2)c1ccn(C2CCCNC2)n1. The van der Waals surface area contributed by atoms with E-state index in [0.29, 0.717) is 18.3 Å². The normalized spacial score (nSPS) is 19.2. The number of aromatic nitrogens is 3. The maximum atomic E-state index is 12.3. The fraction of sp³-hybridized carbons (Fsp3) is 0.632. The average Bonchev–Trinajstić information content (AvgIpc) is 3.32. The van der Waals surface area contributed by atoms with Crippen molar-refractivity contribution in [2.75, 3.05) is 19.6 Å². The third kappa shape index (κ3) is 5.09. The van der Waals surface area contributed by atoms with Crippen LogP contribution in [0.15, 0.2) is 12.3 Å². The molecule has 3 heterocycles. The molecular formula is C19H28ClN5OS. The lowest BCUT2D eigenvalue weighted by Crippen LogP contribution is -2.32. The van der Waals surface area contributed by atoms with E-state index in [2.05, 4.69) is 15.7 Å². The van der Waals surface area contributed by atoms with Crippen LogP contribution in [0.3, 0.4) is 0 Å². The highest BCUT2D eigenvalue weighted by molar-refractivity contribution is 7.11. The maximum absolute atomic E-state index is 12.3. The maximum Gasteiger partial charge on any atom is 0.271 e. The molecule has 8 heteroatoms. The number of nitrogens with one attached hydrogen (secondary N) is 2. The Bertz CT molecular complexity index is 730. The van der Waals surface area contributed by atoms with E-state index in [1.165, 1.54) is 34.8 Å². The number of amides is 1. The first-order chi connectivity index (χ1) is 12.8. The van der Waals surface area contributed by atoms with Gasteiger partial charge >= 0.3 is 0 Å². The number of rotatable bonds is 6. The van der Waals surface area contributed by atoms with Crippen molar-refractivity contribution in [3.8, 4) is 0 Å². The molecule has 0 bridgehead atoms. The Morgan fingerprint density at radius 3 is 3.04 bits per heavy atom. The number of piperidine rings is 1. The summed E-state index contributed by atoms with van der Waals surface area (Å²) >= 11 is 1.86. The topological polar surface area (TPSA) is 71.8 Å². The van der Waals surface area contributed by atoms with Crippen molar-refractivity contribution in [2.24, 2.45) is 0 Å². The van der Waals surface area contributed by atoms with Gasteiger partial charge in [-0.1, -0.05) is 0 Å². The van der Waals surface area contributed by atoms with E-state index in [0.717, 1.165) is 45.2 Å². The van der Waals surface area contributed by atoms with E-state index >= 15 is 0 Å². The van der Waals surface area contributed by atoms with Crippen LogP contribution in [0.25, 0.3) is 0 Å². The number of halogens is 1. The first-order valence-corrected chi connectivity index (χ1v) is 10.6. The van der Waals surface area contributed by atoms with E-state index in [-0.39, 0.29) is 18.3 Å². The van der Waals surface area contributed by atoms with Gasteiger partial charge in [-0.3, -0.25) is 9.48 Å². The van der Waals surface area contributed by atoms with Crippen LogP contribution in [0.4, 0.5) is 0 Å². The molecule has 0 spiro atoms. The summed E-state index contributed by atoms with van der Waals surface area (Å²) in [4.78, 5) is 18.5. The minimum absolute atomic E-state index is 0. The van der Waals surface area contributed by atoms with Gasteiger partial charge < -0.3 is 10.6 Å². The Morgan fingerprint density at radius 1 is 1.33 bits per heavy atom. The molecule has 1 aliphatic carbocycles. The second-order valence-corrected chi connectivity index (χ2v) is 8.39. The van der Waals surface area contributed by atoms with Crippen LogP contribution in [0.1, 0.15) is 64.2 Å². The molecule has 2 aliphatic rings. The molecule has 1 fully saturated rings. The van der Waals surface area contributed by atoms with Crippen LogP contribution in [0.5, 0.6) is 0 Å². The van der Waals surface area contributed by atoms with Crippen molar-refractivity contribution in [3.63, 3.8) is 0 Å². The molecule has 0 saturated carbocycles. The van der Waals surface area contributed by atoms with Crippen LogP contribution in [0, 0.1) is 0 Å². The molecule has 1 amide bonds. The molecule has 2 aromatic rings. The van der Waals surface area contributed by atoms with Crippen LogP contribution < -0.4 is 10.6 Å². The van der Waals surface area contributed by atoms with Crippen LogP contribution >= 0.6 is 23.7 Å². The monoisotopic (exact) mass is 409 g/mol. The van der Waals surface area contributed by atoms with E-state index in [1.807, 2.05) is 28.3 Å². The lowest BCUT2D eigenvalue weighted by molar-refractivity contribution is 0.0947.